The summed E-state index contributed by atoms with van der Waals surface area (Å²) in [5.41, 5.74) is 1.31. The monoisotopic (exact) mass is 276 g/mol. The standard InChI is InChI=1S/C17H28N2O/c1-2-3-4-5-6-7-8-15-11-17(14-19-12-15)20-16-9-10-18-13-16/h11-12,14,16,18H,2-10,13H2,1H3. The van der Waals surface area contributed by atoms with E-state index in [2.05, 4.69) is 23.3 Å². The van der Waals surface area contributed by atoms with Gasteiger partial charge in [-0.3, -0.25) is 4.98 Å². The van der Waals surface area contributed by atoms with E-state index in [-0.39, 0.29) is 0 Å². The predicted octanol–water partition coefficient (Wildman–Crippen LogP) is 3.73. The van der Waals surface area contributed by atoms with Gasteiger partial charge in [-0.25, -0.2) is 0 Å². The molecular formula is C17H28N2O. The molecule has 0 aromatic carbocycles. The van der Waals surface area contributed by atoms with E-state index >= 15 is 0 Å². The summed E-state index contributed by atoms with van der Waals surface area (Å²) in [6.07, 6.45) is 14.4. The Hall–Kier alpha value is -1.09. The first-order valence-corrected chi connectivity index (χ1v) is 8.20. The molecular weight excluding hydrogens is 248 g/mol. The maximum Gasteiger partial charge on any atom is 0.138 e. The van der Waals surface area contributed by atoms with Gasteiger partial charge in [0.15, 0.2) is 0 Å². The Kier molecular flexibility index (Phi) is 6.85. The lowest BCUT2D eigenvalue weighted by Gasteiger charge is -2.12. The van der Waals surface area contributed by atoms with E-state index in [0.717, 1.165) is 31.7 Å². The van der Waals surface area contributed by atoms with E-state index in [1.165, 1.54) is 44.1 Å². The minimum Gasteiger partial charge on any atom is -0.487 e. The summed E-state index contributed by atoms with van der Waals surface area (Å²) in [4.78, 5) is 4.31. The lowest BCUT2D eigenvalue weighted by molar-refractivity contribution is 0.222. The number of pyridine rings is 1. The van der Waals surface area contributed by atoms with Crippen LogP contribution in [0.1, 0.15) is 57.4 Å². The number of nitrogens with one attached hydrogen (secondary N) is 1. The zero-order valence-corrected chi connectivity index (χ0v) is 12.7. The Bertz CT molecular complexity index is 375. The molecule has 1 saturated heterocycles. The molecule has 2 heterocycles. The van der Waals surface area contributed by atoms with Crippen molar-refractivity contribution in [3.05, 3.63) is 24.0 Å². The molecule has 1 aliphatic rings. The minimum atomic E-state index is 0.320. The van der Waals surface area contributed by atoms with Crippen molar-refractivity contribution in [1.82, 2.24) is 10.3 Å². The number of aromatic nitrogens is 1. The third kappa shape index (κ3) is 5.49. The molecule has 1 aromatic rings. The fourth-order valence-corrected chi connectivity index (χ4v) is 2.70. The third-order valence-electron chi connectivity index (χ3n) is 3.91. The molecule has 0 radical (unpaired) electrons. The fraction of sp³-hybridized carbons (Fsp3) is 0.706. The first kappa shape index (κ1) is 15.3. The van der Waals surface area contributed by atoms with Crippen molar-refractivity contribution >= 4 is 0 Å². The van der Waals surface area contributed by atoms with Gasteiger partial charge >= 0.3 is 0 Å². The van der Waals surface area contributed by atoms with Gasteiger partial charge in [0.25, 0.3) is 0 Å². The molecule has 2 rings (SSSR count). The maximum atomic E-state index is 5.95. The van der Waals surface area contributed by atoms with Crippen molar-refractivity contribution < 1.29 is 4.74 Å². The molecule has 3 nitrogen and oxygen atoms in total. The molecule has 1 aliphatic heterocycles. The van der Waals surface area contributed by atoms with Gasteiger partial charge in [0.1, 0.15) is 11.9 Å². The SMILES string of the molecule is CCCCCCCCc1cncc(OC2CCNC2)c1. The van der Waals surface area contributed by atoms with Gasteiger partial charge in [0.05, 0.1) is 6.20 Å². The first-order chi connectivity index (χ1) is 9.88. The molecule has 1 atom stereocenters. The maximum absolute atomic E-state index is 5.95. The van der Waals surface area contributed by atoms with Crippen LogP contribution in [0.3, 0.4) is 0 Å². The first-order valence-electron chi connectivity index (χ1n) is 8.20. The van der Waals surface area contributed by atoms with Crippen molar-refractivity contribution in [2.24, 2.45) is 0 Å². The summed E-state index contributed by atoms with van der Waals surface area (Å²) in [5, 5.41) is 3.32. The number of unbranched alkanes of at least 4 members (excludes halogenated alkanes) is 5. The van der Waals surface area contributed by atoms with Crippen LogP contribution in [0.15, 0.2) is 18.5 Å². The number of hydrogen-bond acceptors (Lipinski definition) is 3. The fourth-order valence-electron chi connectivity index (χ4n) is 2.70. The van der Waals surface area contributed by atoms with Crippen molar-refractivity contribution in [2.75, 3.05) is 13.1 Å². The Morgan fingerprint density at radius 1 is 1.20 bits per heavy atom. The summed E-state index contributed by atoms with van der Waals surface area (Å²) in [7, 11) is 0. The van der Waals surface area contributed by atoms with Gasteiger partial charge in [0.2, 0.25) is 0 Å². The van der Waals surface area contributed by atoms with Crippen LogP contribution in [0, 0.1) is 0 Å². The topological polar surface area (TPSA) is 34.1 Å². The van der Waals surface area contributed by atoms with Crippen molar-refractivity contribution in [2.45, 2.75) is 64.4 Å². The largest absolute Gasteiger partial charge is 0.487 e. The van der Waals surface area contributed by atoms with Crippen LogP contribution >= 0.6 is 0 Å². The highest BCUT2D eigenvalue weighted by molar-refractivity contribution is 5.24. The summed E-state index contributed by atoms with van der Waals surface area (Å²) in [5.74, 6) is 0.933. The van der Waals surface area contributed by atoms with Gasteiger partial charge in [0, 0.05) is 12.7 Å². The Morgan fingerprint density at radius 3 is 2.85 bits per heavy atom. The molecule has 112 valence electrons. The minimum absolute atomic E-state index is 0.320. The van der Waals surface area contributed by atoms with E-state index in [4.69, 9.17) is 4.74 Å². The molecule has 0 aliphatic carbocycles. The van der Waals surface area contributed by atoms with Gasteiger partial charge in [-0.2, -0.15) is 0 Å². The molecule has 1 unspecified atom stereocenters. The van der Waals surface area contributed by atoms with Gasteiger partial charge in [-0.05, 0) is 37.4 Å². The van der Waals surface area contributed by atoms with E-state index in [0.29, 0.717) is 6.10 Å². The number of hydrogen-bond donors (Lipinski definition) is 1. The second-order valence-corrected chi connectivity index (χ2v) is 5.78. The molecule has 1 fully saturated rings. The molecule has 1 N–H and O–H groups in total. The highest BCUT2D eigenvalue weighted by Gasteiger charge is 2.15. The smallest absolute Gasteiger partial charge is 0.138 e. The normalized spacial score (nSPS) is 18.4. The van der Waals surface area contributed by atoms with E-state index in [9.17, 15) is 0 Å². The van der Waals surface area contributed by atoms with Crippen molar-refractivity contribution in [1.29, 1.82) is 0 Å². The predicted molar refractivity (Wildman–Crippen MR) is 83.2 cm³/mol. The molecule has 3 heteroatoms. The Balaban J connectivity index is 1.69. The van der Waals surface area contributed by atoms with Crippen molar-refractivity contribution in [3.8, 4) is 5.75 Å². The molecule has 1 aromatic heterocycles. The summed E-state index contributed by atoms with van der Waals surface area (Å²) in [6, 6.07) is 2.16. The summed E-state index contributed by atoms with van der Waals surface area (Å²) >= 11 is 0. The summed E-state index contributed by atoms with van der Waals surface area (Å²) in [6.45, 7) is 4.29. The van der Waals surface area contributed by atoms with Gasteiger partial charge in [-0.15, -0.1) is 0 Å². The molecule has 0 amide bonds. The average Bonchev–Trinajstić information content (AvgIpc) is 2.96. The van der Waals surface area contributed by atoms with Crippen LogP contribution in [-0.2, 0) is 6.42 Å². The highest BCUT2D eigenvalue weighted by atomic mass is 16.5. The second-order valence-electron chi connectivity index (χ2n) is 5.78. The Labute approximate surface area is 123 Å². The quantitative estimate of drug-likeness (QED) is 0.698. The van der Waals surface area contributed by atoms with E-state index in [1.54, 1.807) is 0 Å². The van der Waals surface area contributed by atoms with Crippen molar-refractivity contribution in [3.63, 3.8) is 0 Å². The van der Waals surface area contributed by atoms with Gasteiger partial charge in [-0.1, -0.05) is 39.0 Å². The zero-order valence-electron chi connectivity index (χ0n) is 12.7. The van der Waals surface area contributed by atoms with Crippen LogP contribution in [0.5, 0.6) is 5.75 Å². The summed E-state index contributed by atoms with van der Waals surface area (Å²) < 4.78 is 5.95. The number of rotatable bonds is 9. The molecule has 20 heavy (non-hydrogen) atoms. The van der Waals surface area contributed by atoms with Crippen LogP contribution < -0.4 is 10.1 Å². The van der Waals surface area contributed by atoms with Gasteiger partial charge < -0.3 is 10.1 Å². The van der Waals surface area contributed by atoms with E-state index < -0.39 is 0 Å². The van der Waals surface area contributed by atoms with Crippen LogP contribution in [0.25, 0.3) is 0 Å². The highest BCUT2D eigenvalue weighted by Crippen LogP contribution is 2.17. The van der Waals surface area contributed by atoms with Crippen LogP contribution in [0.4, 0.5) is 0 Å². The number of aryl methyl sites for hydroxylation is 1. The average molecular weight is 276 g/mol. The molecule has 0 bridgehead atoms. The third-order valence-corrected chi connectivity index (χ3v) is 3.91. The number of nitrogens with zero attached hydrogens (tertiary/aromatic N) is 1. The molecule has 0 spiro atoms. The second kappa shape index (κ2) is 8.96. The zero-order chi connectivity index (χ0) is 14.0. The lowest BCUT2D eigenvalue weighted by atomic mass is 10.1. The van der Waals surface area contributed by atoms with E-state index in [1.807, 2.05) is 12.4 Å². The number of ether oxygens (including phenoxy) is 1. The Morgan fingerprint density at radius 2 is 2.05 bits per heavy atom. The lowest BCUT2D eigenvalue weighted by Crippen LogP contribution is -2.19. The molecule has 0 saturated carbocycles. The van der Waals surface area contributed by atoms with Crippen LogP contribution in [0.2, 0.25) is 0 Å². The van der Waals surface area contributed by atoms with Crippen LogP contribution in [-0.4, -0.2) is 24.2 Å².